The fraction of sp³-hybridized carbons (Fsp3) is 1.00. The average molecular weight is 298 g/mol. The Hall–Kier alpha value is 0.230. The molecule has 0 amide bonds. The minimum absolute atomic E-state index is 0.203. The van der Waals surface area contributed by atoms with Crippen molar-refractivity contribution in [2.24, 2.45) is 11.7 Å². The molecule has 0 bridgehead atoms. The quantitative estimate of drug-likeness (QED) is 0.869. The van der Waals surface area contributed by atoms with Crippen LogP contribution in [-0.4, -0.2) is 54.3 Å². The summed E-state index contributed by atoms with van der Waals surface area (Å²) in [5, 5.41) is 0. The zero-order valence-corrected chi connectivity index (χ0v) is 13.7. The number of hydrogen-bond donors (Lipinski definition) is 1. The van der Waals surface area contributed by atoms with Crippen LogP contribution < -0.4 is 5.73 Å². The van der Waals surface area contributed by atoms with Gasteiger partial charge in [-0.1, -0.05) is 12.8 Å². The molecular formula is C16H30N2OS. The SMILES string of the molecule is CN(C1CCOC2(CCSC2)C1)C1CCCCC1CN. The van der Waals surface area contributed by atoms with E-state index in [0.717, 1.165) is 13.2 Å². The van der Waals surface area contributed by atoms with Gasteiger partial charge in [-0.2, -0.15) is 11.8 Å². The first-order valence-corrected chi connectivity index (χ1v) is 9.53. The van der Waals surface area contributed by atoms with Gasteiger partial charge >= 0.3 is 0 Å². The summed E-state index contributed by atoms with van der Waals surface area (Å²) in [5.74, 6) is 3.21. The highest BCUT2D eigenvalue weighted by molar-refractivity contribution is 7.99. The van der Waals surface area contributed by atoms with Gasteiger partial charge in [0.15, 0.2) is 0 Å². The van der Waals surface area contributed by atoms with Gasteiger partial charge in [-0.3, -0.25) is 4.90 Å². The maximum Gasteiger partial charge on any atom is 0.0795 e. The molecule has 3 aliphatic rings. The Morgan fingerprint density at radius 3 is 2.90 bits per heavy atom. The molecule has 3 rings (SSSR count). The van der Waals surface area contributed by atoms with E-state index in [4.69, 9.17) is 10.5 Å². The van der Waals surface area contributed by atoms with E-state index >= 15 is 0 Å². The Bertz CT molecular complexity index is 320. The van der Waals surface area contributed by atoms with E-state index in [1.165, 1.54) is 56.5 Å². The van der Waals surface area contributed by atoms with E-state index in [1.54, 1.807) is 0 Å². The fourth-order valence-electron chi connectivity index (χ4n) is 4.48. The predicted molar refractivity (Wildman–Crippen MR) is 86.2 cm³/mol. The molecule has 3 nitrogen and oxygen atoms in total. The Balaban J connectivity index is 1.64. The summed E-state index contributed by atoms with van der Waals surface area (Å²) in [6, 6.07) is 1.42. The van der Waals surface area contributed by atoms with Gasteiger partial charge in [-0.15, -0.1) is 0 Å². The van der Waals surface area contributed by atoms with Gasteiger partial charge in [0, 0.05) is 24.4 Å². The third kappa shape index (κ3) is 3.03. The van der Waals surface area contributed by atoms with Crippen LogP contribution >= 0.6 is 11.8 Å². The van der Waals surface area contributed by atoms with Gasteiger partial charge in [0.1, 0.15) is 0 Å². The van der Waals surface area contributed by atoms with Gasteiger partial charge in [-0.05, 0) is 57.4 Å². The van der Waals surface area contributed by atoms with Crippen LogP contribution in [0.2, 0.25) is 0 Å². The van der Waals surface area contributed by atoms with E-state index in [-0.39, 0.29) is 5.60 Å². The molecule has 0 aromatic rings. The highest BCUT2D eigenvalue weighted by Gasteiger charge is 2.43. The summed E-state index contributed by atoms with van der Waals surface area (Å²) in [6.45, 7) is 1.81. The van der Waals surface area contributed by atoms with Crippen LogP contribution in [0.3, 0.4) is 0 Å². The number of nitrogens with zero attached hydrogens (tertiary/aromatic N) is 1. The minimum atomic E-state index is 0.203. The number of thioether (sulfide) groups is 1. The Morgan fingerprint density at radius 1 is 1.30 bits per heavy atom. The monoisotopic (exact) mass is 298 g/mol. The molecule has 4 unspecified atom stereocenters. The molecule has 2 heterocycles. The lowest BCUT2D eigenvalue weighted by atomic mass is 9.81. The number of nitrogens with two attached hydrogens (primary N) is 1. The molecule has 0 aromatic carbocycles. The minimum Gasteiger partial charge on any atom is -0.374 e. The highest BCUT2D eigenvalue weighted by Crippen LogP contribution is 2.40. The summed E-state index contributed by atoms with van der Waals surface area (Å²) >= 11 is 2.07. The molecule has 2 N–H and O–H groups in total. The first kappa shape index (κ1) is 15.1. The maximum absolute atomic E-state index is 6.18. The summed E-state index contributed by atoms with van der Waals surface area (Å²) in [5.41, 5.74) is 6.23. The van der Waals surface area contributed by atoms with Crippen molar-refractivity contribution in [2.45, 2.75) is 62.6 Å². The Morgan fingerprint density at radius 2 is 2.15 bits per heavy atom. The molecular weight excluding hydrogens is 268 g/mol. The maximum atomic E-state index is 6.18. The standard InChI is InChI=1S/C16H30N2OS/c1-18(15-5-3-2-4-13(15)11-17)14-6-8-19-16(10-14)7-9-20-12-16/h13-15H,2-12,17H2,1H3. The third-order valence-electron chi connectivity index (χ3n) is 5.80. The molecule has 2 aliphatic heterocycles. The summed E-state index contributed by atoms with van der Waals surface area (Å²) in [7, 11) is 2.35. The van der Waals surface area contributed by atoms with Crippen LogP contribution in [-0.2, 0) is 4.74 Å². The van der Waals surface area contributed by atoms with Crippen molar-refractivity contribution < 1.29 is 4.74 Å². The molecule has 1 saturated carbocycles. The van der Waals surface area contributed by atoms with Crippen molar-refractivity contribution >= 4 is 11.8 Å². The van der Waals surface area contributed by atoms with Crippen molar-refractivity contribution in [1.29, 1.82) is 0 Å². The Labute approximate surface area is 128 Å². The number of rotatable bonds is 3. The van der Waals surface area contributed by atoms with E-state index in [0.29, 0.717) is 18.0 Å². The van der Waals surface area contributed by atoms with E-state index in [9.17, 15) is 0 Å². The normalized spacial score (nSPS) is 42.5. The second kappa shape index (κ2) is 6.55. The van der Waals surface area contributed by atoms with Crippen LogP contribution in [0, 0.1) is 5.92 Å². The van der Waals surface area contributed by atoms with E-state index < -0.39 is 0 Å². The number of hydrogen-bond acceptors (Lipinski definition) is 4. The molecule has 2 saturated heterocycles. The molecule has 3 fully saturated rings. The summed E-state index contributed by atoms with van der Waals surface area (Å²) in [6.07, 6.45) is 9.14. The van der Waals surface area contributed by atoms with Crippen molar-refractivity contribution in [3.8, 4) is 0 Å². The second-order valence-corrected chi connectivity index (χ2v) is 8.10. The van der Waals surface area contributed by atoms with Crippen LogP contribution in [0.15, 0.2) is 0 Å². The molecule has 20 heavy (non-hydrogen) atoms. The van der Waals surface area contributed by atoms with Crippen molar-refractivity contribution in [3.63, 3.8) is 0 Å². The van der Waals surface area contributed by atoms with E-state index in [1.807, 2.05) is 0 Å². The molecule has 116 valence electrons. The lowest BCUT2D eigenvalue weighted by Gasteiger charge is -2.46. The molecule has 0 aromatic heterocycles. The summed E-state index contributed by atoms with van der Waals surface area (Å²) in [4.78, 5) is 2.68. The largest absolute Gasteiger partial charge is 0.374 e. The predicted octanol–water partition coefficient (Wildman–Crippen LogP) is 2.49. The molecule has 0 radical (unpaired) electrons. The van der Waals surface area contributed by atoms with Crippen LogP contribution in [0.25, 0.3) is 0 Å². The Kier molecular flexibility index (Phi) is 4.96. The van der Waals surface area contributed by atoms with Gasteiger partial charge < -0.3 is 10.5 Å². The first-order chi connectivity index (χ1) is 9.74. The molecule has 1 aliphatic carbocycles. The van der Waals surface area contributed by atoms with E-state index in [2.05, 4.69) is 23.7 Å². The van der Waals surface area contributed by atoms with Gasteiger partial charge in [0.05, 0.1) is 5.60 Å². The van der Waals surface area contributed by atoms with Gasteiger partial charge in [0.2, 0.25) is 0 Å². The van der Waals surface area contributed by atoms with Crippen molar-refractivity contribution in [1.82, 2.24) is 4.90 Å². The third-order valence-corrected chi connectivity index (χ3v) is 7.03. The second-order valence-electron chi connectivity index (χ2n) is 6.99. The lowest BCUT2D eigenvalue weighted by Crippen LogP contribution is -2.53. The molecule has 1 spiro atoms. The average Bonchev–Trinajstić information content (AvgIpc) is 2.94. The zero-order valence-electron chi connectivity index (χ0n) is 12.9. The smallest absolute Gasteiger partial charge is 0.0795 e. The molecule has 4 atom stereocenters. The molecule has 4 heteroatoms. The number of ether oxygens (including phenoxy) is 1. The topological polar surface area (TPSA) is 38.5 Å². The van der Waals surface area contributed by atoms with Crippen LogP contribution in [0.5, 0.6) is 0 Å². The highest BCUT2D eigenvalue weighted by atomic mass is 32.2. The summed E-state index contributed by atoms with van der Waals surface area (Å²) < 4.78 is 6.18. The van der Waals surface area contributed by atoms with Crippen LogP contribution in [0.1, 0.15) is 44.9 Å². The lowest BCUT2D eigenvalue weighted by molar-refractivity contribution is -0.0957. The zero-order chi connectivity index (χ0) is 14.0. The van der Waals surface area contributed by atoms with Crippen molar-refractivity contribution in [2.75, 3.05) is 31.7 Å². The van der Waals surface area contributed by atoms with Gasteiger partial charge in [-0.25, -0.2) is 0 Å². The first-order valence-electron chi connectivity index (χ1n) is 8.38. The van der Waals surface area contributed by atoms with Crippen molar-refractivity contribution in [3.05, 3.63) is 0 Å². The van der Waals surface area contributed by atoms with Crippen LogP contribution in [0.4, 0.5) is 0 Å². The fourth-order valence-corrected chi connectivity index (χ4v) is 5.86. The van der Waals surface area contributed by atoms with Gasteiger partial charge in [0.25, 0.3) is 0 Å².